The van der Waals surface area contributed by atoms with Crippen LogP contribution < -0.4 is 0 Å². The Hall–Kier alpha value is -0.850. The molecular weight excluding hydrogens is 182 g/mol. The Labute approximate surface area is 95.0 Å². The minimum Gasteiger partial charge on any atom is -0.286 e. The van der Waals surface area contributed by atoms with Crippen molar-refractivity contribution >= 4 is 5.71 Å². The van der Waals surface area contributed by atoms with Gasteiger partial charge in [0.05, 0.1) is 6.04 Å². The SMILES string of the molecule is C=CCC(=NC(C=C)CC(C)C)C(C)C. The average molecular weight is 207 g/mol. The summed E-state index contributed by atoms with van der Waals surface area (Å²) in [4.78, 5) is 4.75. The molecule has 0 aliphatic carbocycles. The molecule has 0 fully saturated rings. The summed E-state index contributed by atoms with van der Waals surface area (Å²) in [6.45, 7) is 16.4. The summed E-state index contributed by atoms with van der Waals surface area (Å²) in [5, 5.41) is 0. The van der Waals surface area contributed by atoms with Gasteiger partial charge < -0.3 is 0 Å². The molecule has 0 saturated carbocycles. The lowest BCUT2D eigenvalue weighted by Gasteiger charge is -2.15. The first-order valence-electron chi connectivity index (χ1n) is 5.81. The number of rotatable bonds is 7. The molecule has 1 heteroatoms. The van der Waals surface area contributed by atoms with Crippen LogP contribution in [0.15, 0.2) is 30.3 Å². The third-order valence-corrected chi connectivity index (χ3v) is 2.34. The quantitative estimate of drug-likeness (QED) is 0.437. The molecule has 0 aromatic rings. The number of hydrogen-bond donors (Lipinski definition) is 0. The van der Waals surface area contributed by atoms with Crippen LogP contribution in [0.1, 0.15) is 40.5 Å². The van der Waals surface area contributed by atoms with Crippen LogP contribution in [0.2, 0.25) is 0 Å². The van der Waals surface area contributed by atoms with Crippen LogP contribution in [0.25, 0.3) is 0 Å². The highest BCUT2D eigenvalue weighted by molar-refractivity contribution is 5.87. The van der Waals surface area contributed by atoms with E-state index in [4.69, 9.17) is 4.99 Å². The fourth-order valence-corrected chi connectivity index (χ4v) is 1.48. The van der Waals surface area contributed by atoms with E-state index in [0.29, 0.717) is 11.8 Å². The van der Waals surface area contributed by atoms with Crippen molar-refractivity contribution in [1.82, 2.24) is 0 Å². The Morgan fingerprint density at radius 3 is 2.13 bits per heavy atom. The predicted molar refractivity (Wildman–Crippen MR) is 70.5 cm³/mol. The first-order valence-corrected chi connectivity index (χ1v) is 5.81. The van der Waals surface area contributed by atoms with E-state index in [-0.39, 0.29) is 6.04 Å². The van der Waals surface area contributed by atoms with Crippen LogP contribution in [-0.4, -0.2) is 11.8 Å². The molecule has 0 rings (SSSR count). The molecule has 0 amide bonds. The summed E-state index contributed by atoms with van der Waals surface area (Å²) >= 11 is 0. The van der Waals surface area contributed by atoms with Crippen molar-refractivity contribution in [3.63, 3.8) is 0 Å². The standard InChI is InChI=1S/C14H25N/c1-7-9-14(12(5)6)15-13(8-2)10-11(3)4/h7-8,11-13H,1-2,9-10H2,3-6H3. The molecule has 0 bridgehead atoms. The van der Waals surface area contributed by atoms with Gasteiger partial charge in [0.1, 0.15) is 0 Å². The van der Waals surface area contributed by atoms with E-state index in [2.05, 4.69) is 40.9 Å². The minimum absolute atomic E-state index is 0.266. The molecule has 0 radical (unpaired) electrons. The van der Waals surface area contributed by atoms with Gasteiger partial charge in [-0.05, 0) is 18.3 Å². The van der Waals surface area contributed by atoms with Crippen LogP contribution in [-0.2, 0) is 0 Å². The number of aliphatic imine (C=N–C) groups is 1. The molecular formula is C14H25N. The highest BCUT2D eigenvalue weighted by Crippen LogP contribution is 2.12. The normalized spacial score (nSPS) is 14.4. The van der Waals surface area contributed by atoms with Crippen molar-refractivity contribution in [1.29, 1.82) is 0 Å². The molecule has 0 aromatic heterocycles. The van der Waals surface area contributed by atoms with E-state index in [9.17, 15) is 0 Å². The molecule has 1 nitrogen and oxygen atoms in total. The Kier molecular flexibility index (Phi) is 7.02. The van der Waals surface area contributed by atoms with Crippen LogP contribution in [0, 0.1) is 11.8 Å². The van der Waals surface area contributed by atoms with Gasteiger partial charge in [-0.2, -0.15) is 0 Å². The first kappa shape index (κ1) is 14.2. The van der Waals surface area contributed by atoms with Gasteiger partial charge in [0.15, 0.2) is 0 Å². The van der Waals surface area contributed by atoms with Gasteiger partial charge >= 0.3 is 0 Å². The van der Waals surface area contributed by atoms with E-state index >= 15 is 0 Å². The van der Waals surface area contributed by atoms with Crippen molar-refractivity contribution in [2.24, 2.45) is 16.8 Å². The monoisotopic (exact) mass is 207 g/mol. The molecule has 0 aliphatic rings. The average Bonchev–Trinajstić information content (AvgIpc) is 2.14. The minimum atomic E-state index is 0.266. The zero-order chi connectivity index (χ0) is 11.8. The molecule has 0 aliphatic heterocycles. The maximum absolute atomic E-state index is 4.75. The van der Waals surface area contributed by atoms with E-state index < -0.39 is 0 Å². The highest BCUT2D eigenvalue weighted by Gasteiger charge is 2.09. The zero-order valence-electron chi connectivity index (χ0n) is 10.7. The summed E-state index contributed by atoms with van der Waals surface area (Å²) in [5.74, 6) is 1.16. The molecule has 86 valence electrons. The molecule has 0 aromatic carbocycles. The smallest absolute Gasteiger partial charge is 0.0679 e. The first-order chi connectivity index (χ1) is 7.01. The van der Waals surface area contributed by atoms with Gasteiger partial charge in [-0.3, -0.25) is 4.99 Å². The molecule has 0 heterocycles. The van der Waals surface area contributed by atoms with Crippen molar-refractivity contribution in [3.05, 3.63) is 25.3 Å². The Balaban J connectivity index is 4.59. The second kappa shape index (κ2) is 7.44. The van der Waals surface area contributed by atoms with Gasteiger partial charge in [-0.25, -0.2) is 0 Å². The molecule has 0 saturated heterocycles. The van der Waals surface area contributed by atoms with Crippen LogP contribution in [0.4, 0.5) is 0 Å². The third-order valence-electron chi connectivity index (χ3n) is 2.34. The lowest BCUT2D eigenvalue weighted by atomic mass is 10.0. The highest BCUT2D eigenvalue weighted by atomic mass is 14.8. The summed E-state index contributed by atoms with van der Waals surface area (Å²) in [6, 6.07) is 0.266. The van der Waals surface area contributed by atoms with Gasteiger partial charge in [0.25, 0.3) is 0 Å². The molecule has 0 N–H and O–H groups in total. The van der Waals surface area contributed by atoms with Crippen LogP contribution in [0.3, 0.4) is 0 Å². The maximum Gasteiger partial charge on any atom is 0.0679 e. The van der Waals surface area contributed by atoms with Crippen molar-refractivity contribution < 1.29 is 0 Å². The second-order valence-corrected chi connectivity index (χ2v) is 4.70. The molecule has 15 heavy (non-hydrogen) atoms. The number of nitrogens with zero attached hydrogens (tertiary/aromatic N) is 1. The van der Waals surface area contributed by atoms with Crippen LogP contribution in [0.5, 0.6) is 0 Å². The van der Waals surface area contributed by atoms with Gasteiger partial charge in [0, 0.05) is 12.1 Å². The zero-order valence-corrected chi connectivity index (χ0v) is 10.7. The third kappa shape index (κ3) is 6.27. The Morgan fingerprint density at radius 2 is 1.80 bits per heavy atom. The number of allylic oxidation sites excluding steroid dienone is 1. The topological polar surface area (TPSA) is 12.4 Å². The van der Waals surface area contributed by atoms with Crippen LogP contribution >= 0.6 is 0 Å². The summed E-state index contributed by atoms with van der Waals surface area (Å²) in [5.41, 5.74) is 1.23. The number of hydrogen-bond acceptors (Lipinski definition) is 1. The van der Waals surface area contributed by atoms with E-state index in [1.807, 2.05) is 12.2 Å². The van der Waals surface area contributed by atoms with Gasteiger partial charge in [0.2, 0.25) is 0 Å². The summed E-state index contributed by atoms with van der Waals surface area (Å²) < 4.78 is 0. The molecule has 1 atom stereocenters. The fraction of sp³-hybridized carbons (Fsp3) is 0.643. The lowest BCUT2D eigenvalue weighted by molar-refractivity contribution is 0.545. The van der Waals surface area contributed by atoms with Crippen molar-refractivity contribution in [2.75, 3.05) is 0 Å². The fourth-order valence-electron chi connectivity index (χ4n) is 1.48. The summed E-state index contributed by atoms with van der Waals surface area (Å²) in [7, 11) is 0. The van der Waals surface area contributed by atoms with E-state index in [1.165, 1.54) is 5.71 Å². The Morgan fingerprint density at radius 1 is 1.20 bits per heavy atom. The van der Waals surface area contributed by atoms with Crippen molar-refractivity contribution in [2.45, 2.75) is 46.6 Å². The maximum atomic E-state index is 4.75. The second-order valence-electron chi connectivity index (χ2n) is 4.70. The summed E-state index contributed by atoms with van der Waals surface area (Å²) in [6.07, 6.45) is 5.84. The van der Waals surface area contributed by atoms with Gasteiger partial charge in [-0.15, -0.1) is 13.2 Å². The molecule has 1 unspecified atom stereocenters. The lowest BCUT2D eigenvalue weighted by Crippen LogP contribution is -2.13. The predicted octanol–water partition coefficient (Wildman–Crippen LogP) is 4.26. The van der Waals surface area contributed by atoms with E-state index in [1.54, 1.807) is 0 Å². The van der Waals surface area contributed by atoms with E-state index in [0.717, 1.165) is 12.8 Å². The van der Waals surface area contributed by atoms with Gasteiger partial charge in [-0.1, -0.05) is 39.8 Å². The molecule has 0 spiro atoms. The Bertz CT molecular complexity index is 223. The van der Waals surface area contributed by atoms with Crippen molar-refractivity contribution in [3.8, 4) is 0 Å². The largest absolute Gasteiger partial charge is 0.286 e.